The molecule has 1 aliphatic heterocycles. The van der Waals surface area contributed by atoms with Crippen LogP contribution in [-0.4, -0.2) is 54.0 Å². The van der Waals surface area contributed by atoms with Gasteiger partial charge in [-0.05, 0) is 56.6 Å². The minimum absolute atomic E-state index is 0.0155. The summed E-state index contributed by atoms with van der Waals surface area (Å²) in [6, 6.07) is 7.37. The average molecular weight is 410 g/mol. The van der Waals surface area contributed by atoms with E-state index in [4.69, 9.17) is 26.2 Å². The summed E-state index contributed by atoms with van der Waals surface area (Å²) >= 11 is 5.83. The Bertz CT molecular complexity index is 660. The maximum Gasteiger partial charge on any atom is 0.309 e. The number of hydrogen-bond donors (Lipinski definition) is 1. The van der Waals surface area contributed by atoms with Crippen molar-refractivity contribution in [2.24, 2.45) is 5.92 Å². The van der Waals surface area contributed by atoms with Crippen LogP contribution in [-0.2, 0) is 19.1 Å². The van der Waals surface area contributed by atoms with Crippen molar-refractivity contribution in [3.05, 3.63) is 40.9 Å². The number of ether oxygens (including phenoxy) is 1. The van der Waals surface area contributed by atoms with Crippen molar-refractivity contribution in [2.75, 3.05) is 26.2 Å². The van der Waals surface area contributed by atoms with E-state index in [1.807, 2.05) is 25.1 Å². The third-order valence-corrected chi connectivity index (χ3v) is 4.47. The van der Waals surface area contributed by atoms with Gasteiger partial charge in [-0.25, -0.2) is 0 Å². The fraction of sp³-hybridized carbons (Fsp3) is 0.476. The maximum atomic E-state index is 12.0. The number of carbonyl (C=O) groups is 3. The molecule has 0 spiro atoms. The van der Waals surface area contributed by atoms with Crippen LogP contribution in [0.4, 0.5) is 0 Å². The lowest BCUT2D eigenvalue weighted by molar-refractivity contribution is -0.149. The average Bonchev–Trinajstić information content (AvgIpc) is 2.66. The molecule has 1 saturated heterocycles. The molecule has 0 unspecified atom stereocenters. The molecule has 0 radical (unpaired) electrons. The highest BCUT2D eigenvalue weighted by molar-refractivity contribution is 6.30. The summed E-state index contributed by atoms with van der Waals surface area (Å²) in [4.78, 5) is 34.9. The van der Waals surface area contributed by atoms with Crippen LogP contribution in [0.2, 0.25) is 5.02 Å². The number of esters is 1. The monoisotopic (exact) mass is 409 g/mol. The Kier molecular flexibility index (Phi) is 11.1. The molecule has 0 atom stereocenters. The third-order valence-electron chi connectivity index (χ3n) is 4.21. The van der Waals surface area contributed by atoms with Crippen molar-refractivity contribution in [2.45, 2.75) is 33.1 Å². The van der Waals surface area contributed by atoms with E-state index in [9.17, 15) is 9.59 Å². The molecule has 1 aromatic carbocycles. The molecule has 1 N–H and O–H groups in total. The van der Waals surface area contributed by atoms with Crippen LogP contribution in [0.3, 0.4) is 0 Å². The van der Waals surface area contributed by atoms with Crippen molar-refractivity contribution < 1.29 is 24.2 Å². The molecular weight excluding hydrogens is 382 g/mol. The van der Waals surface area contributed by atoms with Crippen molar-refractivity contribution >= 4 is 35.4 Å². The van der Waals surface area contributed by atoms with E-state index in [0.29, 0.717) is 18.1 Å². The molecule has 7 heteroatoms. The van der Waals surface area contributed by atoms with Crippen molar-refractivity contribution in [1.82, 2.24) is 4.90 Å². The van der Waals surface area contributed by atoms with Gasteiger partial charge in [0.1, 0.15) is 0 Å². The minimum atomic E-state index is -0.833. The molecule has 154 valence electrons. The van der Waals surface area contributed by atoms with E-state index >= 15 is 0 Å². The quantitative estimate of drug-likeness (QED) is 0.546. The number of allylic oxidation sites excluding steroid dienone is 1. The highest BCUT2D eigenvalue weighted by Crippen LogP contribution is 2.19. The number of rotatable bonds is 7. The summed E-state index contributed by atoms with van der Waals surface area (Å²) in [5, 5.41) is 8.10. The number of halogens is 1. The Morgan fingerprint density at radius 2 is 1.79 bits per heavy atom. The second-order valence-corrected chi connectivity index (χ2v) is 6.92. The summed E-state index contributed by atoms with van der Waals surface area (Å²) < 4.78 is 5.07. The highest BCUT2D eigenvalue weighted by Gasteiger charge is 2.25. The lowest BCUT2D eigenvalue weighted by Gasteiger charge is -2.30. The number of hydrogen-bond acceptors (Lipinski definition) is 5. The topological polar surface area (TPSA) is 83.9 Å². The number of carboxylic acid groups (broad SMARTS) is 1. The summed E-state index contributed by atoms with van der Waals surface area (Å²) in [7, 11) is 0. The summed E-state index contributed by atoms with van der Waals surface area (Å²) in [5.74, 6) is -0.793. The molecule has 2 rings (SSSR count). The number of benzene rings is 1. The van der Waals surface area contributed by atoms with E-state index in [1.54, 1.807) is 18.2 Å². The lowest BCUT2D eigenvalue weighted by atomic mass is 9.97. The highest BCUT2D eigenvalue weighted by atomic mass is 35.5. The molecular formula is C21H28ClNO5. The van der Waals surface area contributed by atoms with Gasteiger partial charge in [0, 0.05) is 24.9 Å². The van der Waals surface area contributed by atoms with E-state index < -0.39 is 5.97 Å². The molecule has 28 heavy (non-hydrogen) atoms. The Morgan fingerprint density at radius 1 is 1.21 bits per heavy atom. The summed E-state index contributed by atoms with van der Waals surface area (Å²) in [5.41, 5.74) is 0.961. The third kappa shape index (κ3) is 10.2. The van der Waals surface area contributed by atoms with E-state index in [-0.39, 0.29) is 17.7 Å². The van der Waals surface area contributed by atoms with E-state index in [2.05, 4.69) is 4.90 Å². The minimum Gasteiger partial charge on any atom is -0.481 e. The van der Waals surface area contributed by atoms with Gasteiger partial charge in [0.15, 0.2) is 5.78 Å². The van der Waals surface area contributed by atoms with Crippen molar-refractivity contribution in [3.63, 3.8) is 0 Å². The molecule has 0 aromatic heterocycles. The second-order valence-electron chi connectivity index (χ2n) is 6.49. The van der Waals surface area contributed by atoms with Gasteiger partial charge in [0.2, 0.25) is 0 Å². The fourth-order valence-electron chi connectivity index (χ4n) is 2.77. The zero-order valence-corrected chi connectivity index (χ0v) is 17.2. The predicted octanol–water partition coefficient (Wildman–Crippen LogP) is 3.68. The summed E-state index contributed by atoms with van der Waals surface area (Å²) in [6.07, 6.45) is 5.55. The van der Waals surface area contributed by atoms with E-state index in [1.165, 1.54) is 0 Å². The van der Waals surface area contributed by atoms with Crippen LogP contribution in [0.15, 0.2) is 30.3 Å². The van der Waals surface area contributed by atoms with Gasteiger partial charge >= 0.3 is 5.97 Å². The van der Waals surface area contributed by atoms with Crippen LogP contribution >= 0.6 is 11.6 Å². The van der Waals surface area contributed by atoms with Crippen LogP contribution in [0.5, 0.6) is 0 Å². The fourth-order valence-corrected chi connectivity index (χ4v) is 2.89. The van der Waals surface area contributed by atoms with Crippen LogP contribution in [0.1, 0.15) is 38.7 Å². The molecule has 0 saturated carbocycles. The first-order chi connectivity index (χ1) is 13.3. The number of aliphatic carboxylic acids is 1. The second kappa shape index (κ2) is 13.1. The lowest BCUT2D eigenvalue weighted by Crippen LogP contribution is -2.37. The first-order valence-corrected chi connectivity index (χ1v) is 9.74. The number of nitrogens with zero attached hydrogens (tertiary/aromatic N) is 1. The standard InChI is InChI=1S/C19H24ClNO3.C2H4O2/c1-2-24-19(23)16-9-12-21(13-10-16)14-11-18(22)8-5-15-3-6-17(20)7-4-15;1-2(3)4/h3-8,16H,2,9-14H2,1H3;1H3,(H,3,4)/b8-5+;. The van der Waals surface area contributed by atoms with Gasteiger partial charge in [-0.3, -0.25) is 14.4 Å². The molecule has 1 fully saturated rings. The van der Waals surface area contributed by atoms with Crippen molar-refractivity contribution in [3.8, 4) is 0 Å². The van der Waals surface area contributed by atoms with Gasteiger partial charge in [-0.1, -0.05) is 29.8 Å². The molecule has 0 aliphatic carbocycles. The van der Waals surface area contributed by atoms with Gasteiger partial charge in [-0.2, -0.15) is 0 Å². The number of likely N-dealkylation sites (tertiary alicyclic amines) is 1. The van der Waals surface area contributed by atoms with Crippen molar-refractivity contribution in [1.29, 1.82) is 0 Å². The van der Waals surface area contributed by atoms with Crippen LogP contribution in [0.25, 0.3) is 6.08 Å². The SMILES string of the molecule is CC(=O)O.CCOC(=O)C1CCN(CCC(=O)/C=C/c2ccc(Cl)cc2)CC1. The Balaban J connectivity index is 0.000000892. The maximum absolute atomic E-state index is 12.0. The smallest absolute Gasteiger partial charge is 0.309 e. The molecule has 6 nitrogen and oxygen atoms in total. The largest absolute Gasteiger partial charge is 0.481 e. The molecule has 1 aliphatic rings. The van der Waals surface area contributed by atoms with Crippen LogP contribution in [0, 0.1) is 5.92 Å². The van der Waals surface area contributed by atoms with Crippen LogP contribution < -0.4 is 0 Å². The zero-order valence-electron chi connectivity index (χ0n) is 16.4. The van der Waals surface area contributed by atoms with Gasteiger partial charge in [-0.15, -0.1) is 0 Å². The number of ketones is 1. The summed E-state index contributed by atoms with van der Waals surface area (Å²) in [6.45, 7) is 5.78. The first-order valence-electron chi connectivity index (χ1n) is 9.36. The Labute approximate surface area is 171 Å². The Morgan fingerprint density at radius 3 is 2.32 bits per heavy atom. The van der Waals surface area contributed by atoms with Gasteiger partial charge in [0.25, 0.3) is 5.97 Å². The zero-order chi connectivity index (χ0) is 20.9. The Hall–Kier alpha value is -2.18. The molecule has 0 bridgehead atoms. The van der Waals surface area contributed by atoms with Gasteiger partial charge < -0.3 is 14.7 Å². The first kappa shape index (κ1) is 23.9. The predicted molar refractivity (Wildman–Crippen MR) is 109 cm³/mol. The molecule has 1 aromatic rings. The molecule has 1 heterocycles. The molecule has 0 amide bonds. The number of carbonyl (C=O) groups excluding carboxylic acids is 2. The van der Waals surface area contributed by atoms with E-state index in [0.717, 1.165) is 45.0 Å². The normalized spacial score (nSPS) is 15.0. The van der Waals surface area contributed by atoms with Gasteiger partial charge in [0.05, 0.1) is 12.5 Å². The number of carboxylic acids is 1. The number of piperidine rings is 1.